The van der Waals surface area contributed by atoms with Crippen molar-refractivity contribution < 1.29 is 27.4 Å². The third-order valence-corrected chi connectivity index (χ3v) is 8.64. The van der Waals surface area contributed by atoms with E-state index in [1.165, 1.54) is 7.11 Å². The number of Topliss-reactive ketones (excluding diaryl/α,β-unsaturated/α-hetero) is 1. The highest BCUT2D eigenvalue weighted by Crippen LogP contribution is 2.43. The van der Waals surface area contributed by atoms with Gasteiger partial charge in [0.2, 0.25) is 0 Å². The summed E-state index contributed by atoms with van der Waals surface area (Å²) in [5.41, 5.74) is 1.86. The van der Waals surface area contributed by atoms with E-state index in [9.17, 15) is 18.0 Å². The van der Waals surface area contributed by atoms with E-state index >= 15 is 0 Å². The second kappa shape index (κ2) is 12.7. The number of nitrogens with zero attached hydrogens (tertiary/aromatic N) is 3. The Kier molecular flexibility index (Phi) is 8.49. The van der Waals surface area contributed by atoms with Crippen LogP contribution in [0.25, 0.3) is 0 Å². The Morgan fingerprint density at radius 1 is 0.826 bits per heavy atom. The Balaban J connectivity index is 1.38. The van der Waals surface area contributed by atoms with E-state index in [0.717, 1.165) is 22.8 Å². The van der Waals surface area contributed by atoms with Crippen LogP contribution in [-0.2, 0) is 16.9 Å². The van der Waals surface area contributed by atoms with Gasteiger partial charge in [-0.25, -0.2) is 0 Å². The summed E-state index contributed by atoms with van der Waals surface area (Å²) in [4.78, 5) is 12.5. The van der Waals surface area contributed by atoms with Crippen molar-refractivity contribution >= 4 is 5.78 Å². The van der Waals surface area contributed by atoms with Gasteiger partial charge in [-0.05, 0) is 34.4 Å². The van der Waals surface area contributed by atoms with E-state index in [1.54, 1.807) is 31.5 Å². The zero-order chi connectivity index (χ0) is 32.3. The summed E-state index contributed by atoms with van der Waals surface area (Å²) in [5.74, 6) is -0.559. The Morgan fingerprint density at radius 3 is 1.91 bits per heavy atom. The number of allylic oxidation sites excluding steroid dienone is 2. The molecule has 0 N–H and O–H groups in total. The largest absolute Gasteiger partial charge is 0.493 e. The SMILES string of the molecule is COc1cc(C2C=C(C(F)(F)F)CC(=O)C2C)ccc1OCc1nncn1C(c1ccccc1)(c1ccccc1)c1ccccc1. The number of aromatic nitrogens is 3. The molecule has 46 heavy (non-hydrogen) atoms. The molecular weight excluding hydrogens is 591 g/mol. The van der Waals surface area contributed by atoms with Gasteiger partial charge in [-0.3, -0.25) is 9.36 Å². The zero-order valence-corrected chi connectivity index (χ0v) is 25.3. The smallest absolute Gasteiger partial charge is 0.412 e. The first kappa shape index (κ1) is 30.8. The maximum absolute atomic E-state index is 13.5. The number of rotatable bonds is 9. The van der Waals surface area contributed by atoms with Crippen LogP contribution in [-0.4, -0.2) is 33.8 Å². The first-order chi connectivity index (χ1) is 22.2. The van der Waals surface area contributed by atoms with Crippen molar-refractivity contribution in [3.63, 3.8) is 0 Å². The number of carbonyl (C=O) groups is 1. The van der Waals surface area contributed by atoms with Crippen molar-refractivity contribution in [3.05, 3.63) is 155 Å². The van der Waals surface area contributed by atoms with Gasteiger partial charge < -0.3 is 9.47 Å². The summed E-state index contributed by atoms with van der Waals surface area (Å²) < 4.78 is 54.5. The quantitative estimate of drug-likeness (QED) is 0.123. The number of ketones is 1. The minimum absolute atomic E-state index is 0.0143. The molecule has 2 atom stereocenters. The van der Waals surface area contributed by atoms with Crippen LogP contribution in [0.3, 0.4) is 0 Å². The van der Waals surface area contributed by atoms with Crippen LogP contribution in [0.15, 0.2) is 127 Å². The molecule has 0 fully saturated rings. The first-order valence-corrected chi connectivity index (χ1v) is 14.9. The summed E-state index contributed by atoms with van der Waals surface area (Å²) in [6.45, 7) is 1.67. The van der Waals surface area contributed by atoms with Gasteiger partial charge in [-0.2, -0.15) is 13.2 Å². The van der Waals surface area contributed by atoms with Gasteiger partial charge in [0.1, 0.15) is 24.3 Å². The van der Waals surface area contributed by atoms with Crippen LogP contribution in [0.2, 0.25) is 0 Å². The van der Waals surface area contributed by atoms with Crippen LogP contribution in [0, 0.1) is 5.92 Å². The van der Waals surface area contributed by atoms with Crippen LogP contribution >= 0.6 is 0 Å². The van der Waals surface area contributed by atoms with E-state index in [-0.39, 0.29) is 6.61 Å². The fraction of sp³-hybridized carbons (Fsp3) is 0.216. The minimum Gasteiger partial charge on any atom is -0.493 e. The lowest BCUT2D eigenvalue weighted by molar-refractivity contribution is -0.127. The molecule has 0 radical (unpaired) electrons. The van der Waals surface area contributed by atoms with Crippen LogP contribution in [0.4, 0.5) is 13.2 Å². The number of carbonyl (C=O) groups excluding carboxylic acids is 1. The lowest BCUT2D eigenvalue weighted by Crippen LogP contribution is -2.38. The summed E-state index contributed by atoms with van der Waals surface area (Å²) in [6, 6.07) is 35.3. The van der Waals surface area contributed by atoms with E-state index in [4.69, 9.17) is 9.47 Å². The third-order valence-electron chi connectivity index (χ3n) is 8.64. The number of methoxy groups -OCH3 is 1. The monoisotopic (exact) mass is 623 g/mol. The van der Waals surface area contributed by atoms with Crippen LogP contribution < -0.4 is 9.47 Å². The van der Waals surface area contributed by atoms with Gasteiger partial charge >= 0.3 is 6.18 Å². The van der Waals surface area contributed by atoms with Gasteiger partial charge in [0.25, 0.3) is 0 Å². The highest BCUT2D eigenvalue weighted by molar-refractivity contribution is 5.86. The molecule has 1 aliphatic rings. The van der Waals surface area contributed by atoms with Crippen molar-refractivity contribution in [2.45, 2.75) is 37.6 Å². The van der Waals surface area contributed by atoms with E-state index in [0.29, 0.717) is 22.9 Å². The molecule has 9 heteroatoms. The Hall–Kier alpha value is -5.18. The van der Waals surface area contributed by atoms with Crippen molar-refractivity contribution in [2.24, 2.45) is 5.92 Å². The minimum atomic E-state index is -4.56. The molecule has 6 rings (SSSR count). The molecule has 0 saturated heterocycles. The number of hydrogen-bond acceptors (Lipinski definition) is 5. The number of alkyl halides is 3. The van der Waals surface area contributed by atoms with Crippen molar-refractivity contribution in [3.8, 4) is 11.5 Å². The maximum atomic E-state index is 13.5. The van der Waals surface area contributed by atoms with Gasteiger partial charge in [-0.1, -0.05) is 110 Å². The van der Waals surface area contributed by atoms with Gasteiger partial charge in [0.05, 0.1) is 7.11 Å². The molecule has 0 amide bonds. The van der Waals surface area contributed by atoms with Crippen molar-refractivity contribution in [2.75, 3.05) is 7.11 Å². The maximum Gasteiger partial charge on any atom is 0.412 e. The number of benzene rings is 4. The Morgan fingerprint density at radius 2 is 1.39 bits per heavy atom. The zero-order valence-electron chi connectivity index (χ0n) is 25.3. The number of hydrogen-bond donors (Lipinski definition) is 0. The fourth-order valence-corrected chi connectivity index (χ4v) is 6.29. The normalized spacial score (nSPS) is 17.0. The first-order valence-electron chi connectivity index (χ1n) is 14.9. The number of halogens is 3. The molecule has 4 aromatic carbocycles. The van der Waals surface area contributed by atoms with E-state index in [2.05, 4.69) is 46.6 Å². The summed E-state index contributed by atoms with van der Waals surface area (Å²) in [6.07, 6.45) is -2.33. The summed E-state index contributed by atoms with van der Waals surface area (Å²) in [5, 5.41) is 8.77. The standard InChI is InChI=1S/C37H32F3N3O3/c1-25-31(21-30(22-32(25)44)37(38,39)40)26-18-19-33(34(20-26)45-2)46-23-35-42-41-24-43(35)36(27-12-6-3-7-13-27,28-14-8-4-9-15-28)29-16-10-5-11-17-29/h3-21,24-25,31H,22-23H2,1-2H3. The predicted molar refractivity (Wildman–Crippen MR) is 168 cm³/mol. The topological polar surface area (TPSA) is 66.2 Å². The summed E-state index contributed by atoms with van der Waals surface area (Å²) in [7, 11) is 1.46. The highest BCUT2D eigenvalue weighted by Gasteiger charge is 2.42. The third kappa shape index (κ3) is 5.69. The van der Waals surface area contributed by atoms with E-state index in [1.807, 2.05) is 59.2 Å². The van der Waals surface area contributed by atoms with Crippen molar-refractivity contribution in [1.29, 1.82) is 0 Å². The second-order valence-corrected chi connectivity index (χ2v) is 11.3. The number of ether oxygens (including phenoxy) is 2. The van der Waals surface area contributed by atoms with Gasteiger partial charge in [0, 0.05) is 23.8 Å². The predicted octanol–water partition coefficient (Wildman–Crippen LogP) is 7.89. The molecule has 0 aliphatic heterocycles. The van der Waals surface area contributed by atoms with Crippen LogP contribution in [0.5, 0.6) is 11.5 Å². The lowest BCUT2D eigenvalue weighted by Gasteiger charge is -2.38. The average molecular weight is 624 g/mol. The lowest BCUT2D eigenvalue weighted by atomic mass is 9.76. The molecule has 5 aromatic rings. The molecule has 1 aliphatic carbocycles. The molecule has 0 bridgehead atoms. The highest BCUT2D eigenvalue weighted by atomic mass is 19.4. The molecule has 0 saturated carbocycles. The fourth-order valence-electron chi connectivity index (χ4n) is 6.29. The molecule has 0 spiro atoms. The Bertz CT molecular complexity index is 1740. The second-order valence-electron chi connectivity index (χ2n) is 11.3. The summed E-state index contributed by atoms with van der Waals surface area (Å²) >= 11 is 0. The van der Waals surface area contributed by atoms with Crippen molar-refractivity contribution in [1.82, 2.24) is 14.8 Å². The average Bonchev–Trinajstić information content (AvgIpc) is 3.55. The molecular formula is C37H32F3N3O3. The molecule has 6 nitrogen and oxygen atoms in total. The molecule has 1 heterocycles. The molecule has 1 aromatic heterocycles. The Labute approximate surface area is 265 Å². The van der Waals surface area contributed by atoms with E-state index < -0.39 is 41.3 Å². The van der Waals surface area contributed by atoms with Crippen LogP contribution in [0.1, 0.15) is 47.3 Å². The van der Waals surface area contributed by atoms with Gasteiger partial charge in [-0.15, -0.1) is 10.2 Å². The molecule has 234 valence electrons. The van der Waals surface area contributed by atoms with Gasteiger partial charge in [0.15, 0.2) is 17.3 Å². The molecule has 2 unspecified atom stereocenters.